The number of hydrogen-bond donors (Lipinski definition) is 1. The third kappa shape index (κ3) is 6.59. The molecule has 106 valence electrons. The van der Waals surface area contributed by atoms with E-state index >= 15 is 0 Å². The summed E-state index contributed by atoms with van der Waals surface area (Å²) in [7, 11) is 3.27. The van der Waals surface area contributed by atoms with Gasteiger partial charge in [-0.05, 0) is 31.7 Å². The highest BCUT2D eigenvalue weighted by Crippen LogP contribution is 2.15. The van der Waals surface area contributed by atoms with Crippen LogP contribution in [-0.2, 0) is 14.3 Å². The molecule has 1 amide bonds. The summed E-state index contributed by atoms with van der Waals surface area (Å²) in [6.45, 7) is 6.22. The molecule has 0 aliphatic carbocycles. The molecule has 0 rings (SSSR count). The quantitative estimate of drug-likeness (QED) is 0.692. The molecule has 5 nitrogen and oxygen atoms in total. The van der Waals surface area contributed by atoms with E-state index in [4.69, 9.17) is 10.5 Å². The monoisotopic (exact) mass is 258 g/mol. The van der Waals surface area contributed by atoms with Gasteiger partial charge in [-0.2, -0.15) is 0 Å². The molecule has 0 saturated carbocycles. The Bertz CT molecular complexity index is 277. The lowest BCUT2D eigenvalue weighted by Crippen LogP contribution is -2.35. The molecular weight excluding hydrogens is 232 g/mol. The Hall–Kier alpha value is -1.10. The molecule has 0 heterocycles. The van der Waals surface area contributed by atoms with Crippen LogP contribution in [-0.4, -0.2) is 43.5 Å². The first-order valence-corrected chi connectivity index (χ1v) is 6.38. The van der Waals surface area contributed by atoms with Gasteiger partial charge in [0.15, 0.2) is 6.10 Å². The Morgan fingerprint density at radius 2 is 1.78 bits per heavy atom. The fourth-order valence-electron chi connectivity index (χ4n) is 1.82. The molecule has 0 aromatic heterocycles. The van der Waals surface area contributed by atoms with Crippen LogP contribution < -0.4 is 5.73 Å². The SMILES string of the molecule is CC(C)C[C@H](CN)CC(=O)OC(C)C(=O)N(C)C. The van der Waals surface area contributed by atoms with Crippen LogP contribution in [0.5, 0.6) is 0 Å². The van der Waals surface area contributed by atoms with Crippen molar-refractivity contribution in [1.82, 2.24) is 4.90 Å². The van der Waals surface area contributed by atoms with Crippen LogP contribution in [0, 0.1) is 11.8 Å². The summed E-state index contributed by atoms with van der Waals surface area (Å²) in [6, 6.07) is 0. The molecule has 0 aromatic rings. The minimum atomic E-state index is -0.732. The van der Waals surface area contributed by atoms with Crippen molar-refractivity contribution in [2.45, 2.75) is 39.7 Å². The molecule has 0 radical (unpaired) electrons. The van der Waals surface area contributed by atoms with Gasteiger partial charge in [0.05, 0.1) is 0 Å². The molecule has 18 heavy (non-hydrogen) atoms. The van der Waals surface area contributed by atoms with E-state index in [1.807, 2.05) is 0 Å². The standard InChI is InChI=1S/C13H26N2O3/c1-9(2)6-11(8-14)7-12(16)18-10(3)13(17)15(4)5/h9-11H,6-8,14H2,1-5H3/t10?,11-/m0/s1. The molecule has 0 fully saturated rings. The average Bonchev–Trinajstić information content (AvgIpc) is 2.25. The van der Waals surface area contributed by atoms with E-state index in [9.17, 15) is 9.59 Å². The highest BCUT2D eigenvalue weighted by molar-refractivity contribution is 5.83. The summed E-state index contributed by atoms with van der Waals surface area (Å²) in [5.41, 5.74) is 5.63. The van der Waals surface area contributed by atoms with E-state index in [1.54, 1.807) is 21.0 Å². The Morgan fingerprint density at radius 3 is 2.17 bits per heavy atom. The molecule has 0 bridgehead atoms. The van der Waals surface area contributed by atoms with Crippen LogP contribution in [0.15, 0.2) is 0 Å². The van der Waals surface area contributed by atoms with Gasteiger partial charge in [-0.25, -0.2) is 0 Å². The molecule has 2 atom stereocenters. The first-order valence-electron chi connectivity index (χ1n) is 6.38. The molecule has 0 aliphatic rings. The summed E-state index contributed by atoms with van der Waals surface area (Å²) in [5.74, 6) is 0.0525. The molecule has 2 N–H and O–H groups in total. The lowest BCUT2D eigenvalue weighted by atomic mass is 9.94. The highest BCUT2D eigenvalue weighted by atomic mass is 16.5. The second-order valence-electron chi connectivity index (χ2n) is 5.30. The number of carbonyl (C=O) groups is 2. The number of nitrogens with two attached hydrogens (primary N) is 1. The van der Waals surface area contributed by atoms with E-state index < -0.39 is 6.10 Å². The number of amides is 1. The van der Waals surface area contributed by atoms with Crippen LogP contribution in [0.3, 0.4) is 0 Å². The maximum Gasteiger partial charge on any atom is 0.306 e. The van der Waals surface area contributed by atoms with E-state index in [2.05, 4.69) is 13.8 Å². The minimum absolute atomic E-state index is 0.124. The van der Waals surface area contributed by atoms with Crippen molar-refractivity contribution >= 4 is 11.9 Å². The van der Waals surface area contributed by atoms with Crippen molar-refractivity contribution in [3.05, 3.63) is 0 Å². The predicted octanol–water partition coefficient (Wildman–Crippen LogP) is 1.02. The van der Waals surface area contributed by atoms with Gasteiger partial charge in [-0.3, -0.25) is 9.59 Å². The number of likely N-dealkylation sites (N-methyl/N-ethyl adjacent to an activating group) is 1. The maximum absolute atomic E-state index is 11.7. The summed E-state index contributed by atoms with van der Waals surface area (Å²) in [4.78, 5) is 24.6. The molecule has 5 heteroatoms. The summed E-state index contributed by atoms with van der Waals surface area (Å²) < 4.78 is 5.10. The van der Waals surface area contributed by atoms with Crippen molar-refractivity contribution in [2.24, 2.45) is 17.6 Å². The van der Waals surface area contributed by atoms with Gasteiger partial charge in [-0.15, -0.1) is 0 Å². The van der Waals surface area contributed by atoms with Crippen molar-refractivity contribution in [2.75, 3.05) is 20.6 Å². The predicted molar refractivity (Wildman–Crippen MR) is 70.9 cm³/mol. The van der Waals surface area contributed by atoms with Crippen molar-refractivity contribution in [3.63, 3.8) is 0 Å². The van der Waals surface area contributed by atoms with Crippen LogP contribution in [0.2, 0.25) is 0 Å². The van der Waals surface area contributed by atoms with Crippen LogP contribution >= 0.6 is 0 Å². The second-order valence-corrected chi connectivity index (χ2v) is 5.30. The zero-order valence-corrected chi connectivity index (χ0v) is 12.1. The molecule has 0 aromatic carbocycles. The Kier molecular flexibility index (Phi) is 7.59. The van der Waals surface area contributed by atoms with E-state index in [0.29, 0.717) is 12.5 Å². The van der Waals surface area contributed by atoms with E-state index in [0.717, 1.165) is 6.42 Å². The van der Waals surface area contributed by atoms with E-state index in [1.165, 1.54) is 4.90 Å². The molecule has 0 saturated heterocycles. The number of nitrogens with zero attached hydrogens (tertiary/aromatic N) is 1. The zero-order chi connectivity index (χ0) is 14.3. The fourth-order valence-corrected chi connectivity index (χ4v) is 1.82. The third-order valence-electron chi connectivity index (χ3n) is 2.69. The van der Waals surface area contributed by atoms with Crippen molar-refractivity contribution in [1.29, 1.82) is 0 Å². The van der Waals surface area contributed by atoms with Crippen molar-refractivity contribution < 1.29 is 14.3 Å². The second kappa shape index (κ2) is 8.08. The molecular formula is C13H26N2O3. The normalized spacial score (nSPS) is 14.2. The summed E-state index contributed by atoms with van der Waals surface area (Å²) in [6.07, 6.45) is 0.436. The number of carbonyl (C=O) groups excluding carboxylic acids is 2. The van der Waals surface area contributed by atoms with E-state index in [-0.39, 0.29) is 24.2 Å². The lowest BCUT2D eigenvalue weighted by Gasteiger charge is -2.20. The van der Waals surface area contributed by atoms with Crippen LogP contribution in [0.1, 0.15) is 33.6 Å². The summed E-state index contributed by atoms with van der Waals surface area (Å²) >= 11 is 0. The zero-order valence-electron chi connectivity index (χ0n) is 12.1. The molecule has 1 unspecified atom stereocenters. The summed E-state index contributed by atoms with van der Waals surface area (Å²) in [5, 5.41) is 0. The van der Waals surface area contributed by atoms with Crippen LogP contribution in [0.4, 0.5) is 0 Å². The minimum Gasteiger partial charge on any atom is -0.453 e. The molecule has 0 aliphatic heterocycles. The van der Waals surface area contributed by atoms with Crippen LogP contribution in [0.25, 0.3) is 0 Å². The van der Waals surface area contributed by atoms with Gasteiger partial charge in [0, 0.05) is 20.5 Å². The first-order chi connectivity index (χ1) is 8.27. The maximum atomic E-state index is 11.7. The topological polar surface area (TPSA) is 72.6 Å². The van der Waals surface area contributed by atoms with Gasteiger partial charge in [-0.1, -0.05) is 13.8 Å². The first kappa shape index (κ1) is 16.9. The largest absolute Gasteiger partial charge is 0.453 e. The number of esters is 1. The average molecular weight is 258 g/mol. The van der Waals surface area contributed by atoms with Crippen molar-refractivity contribution in [3.8, 4) is 0 Å². The smallest absolute Gasteiger partial charge is 0.306 e. The van der Waals surface area contributed by atoms with Gasteiger partial charge < -0.3 is 15.4 Å². The number of ether oxygens (including phenoxy) is 1. The lowest BCUT2D eigenvalue weighted by molar-refractivity contribution is -0.158. The van der Waals surface area contributed by atoms with Gasteiger partial charge >= 0.3 is 5.97 Å². The van der Waals surface area contributed by atoms with Gasteiger partial charge in [0.2, 0.25) is 0 Å². The third-order valence-corrected chi connectivity index (χ3v) is 2.69. The highest BCUT2D eigenvalue weighted by Gasteiger charge is 2.21. The van der Waals surface area contributed by atoms with Gasteiger partial charge in [0.25, 0.3) is 5.91 Å². The number of rotatable bonds is 7. The fraction of sp³-hybridized carbons (Fsp3) is 0.846. The number of hydrogen-bond acceptors (Lipinski definition) is 4. The Morgan fingerprint density at radius 1 is 1.22 bits per heavy atom. The van der Waals surface area contributed by atoms with Gasteiger partial charge in [0.1, 0.15) is 0 Å². The molecule has 0 spiro atoms. The Balaban J connectivity index is 4.20. The Labute approximate surface area is 110 Å².